The van der Waals surface area contributed by atoms with E-state index in [0.29, 0.717) is 5.69 Å². The molecule has 116 valence electrons. The lowest BCUT2D eigenvalue weighted by atomic mass is 10.2. The van der Waals surface area contributed by atoms with Crippen LogP contribution in [0, 0.1) is 0 Å². The molecule has 23 heavy (non-hydrogen) atoms. The molecule has 6 heteroatoms. The number of azo groups is 1. The Morgan fingerprint density at radius 2 is 1.83 bits per heavy atom. The van der Waals surface area contributed by atoms with Crippen LogP contribution < -0.4 is 5.32 Å². The van der Waals surface area contributed by atoms with Crippen LogP contribution in [0.2, 0.25) is 0 Å². The summed E-state index contributed by atoms with van der Waals surface area (Å²) in [7, 11) is 1.73. The highest BCUT2D eigenvalue weighted by atomic mass is 16.3. The fraction of sp³-hybridized carbons (Fsp3) is 0.118. The molecule has 3 aromatic rings. The quantitative estimate of drug-likeness (QED) is 0.723. The summed E-state index contributed by atoms with van der Waals surface area (Å²) in [4.78, 5) is 11.8. The Morgan fingerprint density at radius 1 is 1.13 bits per heavy atom. The molecule has 1 aromatic heterocycles. The first-order valence-corrected chi connectivity index (χ1v) is 7.16. The molecular weight excluding hydrogens is 292 g/mol. The van der Waals surface area contributed by atoms with Crippen molar-refractivity contribution in [3.8, 4) is 5.88 Å². The van der Waals surface area contributed by atoms with Crippen molar-refractivity contribution < 1.29 is 9.90 Å². The van der Waals surface area contributed by atoms with E-state index < -0.39 is 5.91 Å². The van der Waals surface area contributed by atoms with E-state index in [0.717, 1.165) is 16.6 Å². The molecule has 1 heterocycles. The van der Waals surface area contributed by atoms with Crippen LogP contribution in [-0.2, 0) is 11.8 Å². The number of benzene rings is 2. The van der Waals surface area contributed by atoms with Gasteiger partial charge in [0.15, 0.2) is 5.69 Å². The van der Waals surface area contributed by atoms with E-state index in [1.54, 1.807) is 11.6 Å². The Bertz CT molecular complexity index is 869. The van der Waals surface area contributed by atoms with Gasteiger partial charge in [-0.15, -0.1) is 10.2 Å². The third-order valence-corrected chi connectivity index (χ3v) is 3.53. The van der Waals surface area contributed by atoms with Crippen LogP contribution >= 0.6 is 0 Å². The molecule has 0 aliphatic carbocycles. The molecule has 0 aliphatic rings. The minimum Gasteiger partial charge on any atom is -0.493 e. The van der Waals surface area contributed by atoms with Crippen LogP contribution in [0.4, 0.5) is 11.4 Å². The summed E-state index contributed by atoms with van der Waals surface area (Å²) in [5.41, 5.74) is 1.97. The fourth-order valence-electron chi connectivity index (χ4n) is 2.33. The number of fused-ring (bicyclic) bond motifs is 1. The van der Waals surface area contributed by atoms with Crippen molar-refractivity contribution in [2.75, 3.05) is 11.9 Å². The van der Waals surface area contributed by atoms with E-state index >= 15 is 0 Å². The van der Waals surface area contributed by atoms with Crippen molar-refractivity contribution in [2.45, 2.75) is 0 Å². The third-order valence-electron chi connectivity index (χ3n) is 3.53. The van der Waals surface area contributed by atoms with Crippen LogP contribution in [0.3, 0.4) is 0 Å². The van der Waals surface area contributed by atoms with Crippen LogP contribution in [0.5, 0.6) is 5.88 Å². The van der Waals surface area contributed by atoms with Gasteiger partial charge >= 0.3 is 0 Å². The van der Waals surface area contributed by atoms with E-state index in [1.165, 1.54) is 0 Å². The number of aromatic nitrogens is 1. The van der Waals surface area contributed by atoms with Crippen molar-refractivity contribution in [3.63, 3.8) is 0 Å². The molecule has 2 N–H and O–H groups in total. The SMILES string of the molecule is Cn1c(O)c(N=NC(=O)CNc2ccccc2)c2ccccc21. The lowest BCUT2D eigenvalue weighted by Gasteiger charge is -2.01. The second-order valence-electron chi connectivity index (χ2n) is 5.06. The number of anilines is 1. The van der Waals surface area contributed by atoms with Gasteiger partial charge in [-0.25, -0.2) is 0 Å². The Balaban J connectivity index is 1.75. The zero-order valence-electron chi connectivity index (χ0n) is 12.6. The van der Waals surface area contributed by atoms with Gasteiger partial charge in [-0.2, -0.15) is 0 Å². The first-order valence-electron chi connectivity index (χ1n) is 7.16. The maximum atomic E-state index is 11.8. The lowest BCUT2D eigenvalue weighted by Crippen LogP contribution is -2.10. The summed E-state index contributed by atoms with van der Waals surface area (Å²) in [6.07, 6.45) is 0. The fourth-order valence-corrected chi connectivity index (χ4v) is 2.33. The normalized spacial score (nSPS) is 11.2. The van der Waals surface area contributed by atoms with Crippen LogP contribution in [0.1, 0.15) is 0 Å². The molecule has 0 atom stereocenters. The van der Waals surface area contributed by atoms with Gasteiger partial charge in [-0.1, -0.05) is 36.4 Å². The minimum absolute atomic E-state index is 0.0150. The summed E-state index contributed by atoms with van der Waals surface area (Å²) in [5, 5.41) is 21.5. The molecule has 0 radical (unpaired) electrons. The van der Waals surface area contributed by atoms with E-state index in [2.05, 4.69) is 15.5 Å². The minimum atomic E-state index is -0.416. The van der Waals surface area contributed by atoms with Gasteiger partial charge in [0.2, 0.25) is 5.88 Å². The van der Waals surface area contributed by atoms with Crippen LogP contribution in [-0.4, -0.2) is 22.1 Å². The molecule has 1 amide bonds. The molecule has 6 nitrogen and oxygen atoms in total. The maximum absolute atomic E-state index is 11.8. The summed E-state index contributed by atoms with van der Waals surface area (Å²) in [6, 6.07) is 16.8. The number of nitrogens with zero attached hydrogens (tertiary/aromatic N) is 3. The van der Waals surface area contributed by atoms with Crippen LogP contribution in [0.15, 0.2) is 64.8 Å². The summed E-state index contributed by atoms with van der Waals surface area (Å²) in [5.74, 6) is -0.431. The van der Waals surface area contributed by atoms with Gasteiger partial charge in [0.25, 0.3) is 5.91 Å². The van der Waals surface area contributed by atoms with Gasteiger partial charge in [0, 0.05) is 18.1 Å². The molecule has 0 fully saturated rings. The number of para-hydroxylation sites is 2. The zero-order valence-corrected chi connectivity index (χ0v) is 12.6. The Kier molecular flexibility index (Phi) is 4.05. The van der Waals surface area contributed by atoms with Crippen molar-refractivity contribution in [1.82, 2.24) is 4.57 Å². The van der Waals surface area contributed by atoms with E-state index in [-0.39, 0.29) is 12.4 Å². The van der Waals surface area contributed by atoms with Crippen molar-refractivity contribution in [1.29, 1.82) is 0 Å². The van der Waals surface area contributed by atoms with Gasteiger partial charge < -0.3 is 15.0 Å². The predicted octanol–water partition coefficient (Wildman–Crippen LogP) is 3.61. The molecule has 0 bridgehead atoms. The predicted molar refractivity (Wildman–Crippen MR) is 89.0 cm³/mol. The number of hydrogen-bond acceptors (Lipinski definition) is 4. The topological polar surface area (TPSA) is 79.0 Å². The number of rotatable bonds is 4. The highest BCUT2D eigenvalue weighted by molar-refractivity contribution is 5.95. The van der Waals surface area contributed by atoms with E-state index in [4.69, 9.17) is 0 Å². The van der Waals surface area contributed by atoms with Gasteiger partial charge in [-0.3, -0.25) is 4.79 Å². The molecule has 2 aromatic carbocycles. The standard InChI is InChI=1S/C17H16N4O2/c1-21-14-10-6-5-9-13(14)16(17(21)23)20-19-15(22)11-18-12-7-3-2-4-8-12/h2-10,18,23H,11H2,1H3. The molecule has 0 spiro atoms. The highest BCUT2D eigenvalue weighted by Gasteiger charge is 2.13. The Morgan fingerprint density at radius 3 is 2.61 bits per heavy atom. The average Bonchev–Trinajstić information content (AvgIpc) is 2.83. The van der Waals surface area contributed by atoms with E-state index in [9.17, 15) is 9.90 Å². The monoisotopic (exact) mass is 308 g/mol. The van der Waals surface area contributed by atoms with Crippen molar-refractivity contribution >= 4 is 28.2 Å². The number of carbonyl (C=O) groups excluding carboxylic acids is 1. The number of nitrogens with one attached hydrogen (secondary N) is 1. The zero-order chi connectivity index (χ0) is 16.2. The summed E-state index contributed by atoms with van der Waals surface area (Å²) in [6.45, 7) is 0.0407. The third kappa shape index (κ3) is 3.06. The van der Waals surface area contributed by atoms with Crippen LogP contribution in [0.25, 0.3) is 10.9 Å². The van der Waals surface area contributed by atoms with E-state index in [1.807, 2.05) is 54.6 Å². The maximum Gasteiger partial charge on any atom is 0.283 e. The lowest BCUT2D eigenvalue weighted by molar-refractivity contribution is -0.116. The number of carbonyl (C=O) groups is 1. The van der Waals surface area contributed by atoms with Gasteiger partial charge in [0.1, 0.15) is 0 Å². The first-order chi connectivity index (χ1) is 11.2. The smallest absolute Gasteiger partial charge is 0.283 e. The first kappa shape index (κ1) is 14.8. The summed E-state index contributed by atoms with van der Waals surface area (Å²) >= 11 is 0. The van der Waals surface area contributed by atoms with Crippen molar-refractivity contribution in [2.24, 2.45) is 17.3 Å². The van der Waals surface area contributed by atoms with Crippen molar-refractivity contribution in [3.05, 3.63) is 54.6 Å². The molecule has 3 rings (SSSR count). The number of hydrogen-bond donors (Lipinski definition) is 2. The molecule has 0 saturated heterocycles. The highest BCUT2D eigenvalue weighted by Crippen LogP contribution is 2.37. The number of aromatic hydroxyl groups is 1. The second-order valence-corrected chi connectivity index (χ2v) is 5.06. The largest absolute Gasteiger partial charge is 0.493 e. The molecule has 0 saturated carbocycles. The summed E-state index contributed by atoms with van der Waals surface area (Å²) < 4.78 is 1.61. The van der Waals surface area contributed by atoms with Gasteiger partial charge in [-0.05, 0) is 18.2 Å². The number of aryl methyl sites for hydroxylation is 1. The molecular formula is C17H16N4O2. The molecule has 0 aliphatic heterocycles. The average molecular weight is 308 g/mol. The second kappa shape index (κ2) is 6.31. The Labute approximate surface area is 133 Å². The molecule has 0 unspecified atom stereocenters. The Hall–Kier alpha value is -3.15. The number of amides is 1. The van der Waals surface area contributed by atoms with Gasteiger partial charge in [0.05, 0.1) is 12.1 Å².